The average Bonchev–Trinajstić information content (AvgIpc) is 2.29. The number of methoxy groups -OCH3 is 1. The maximum absolute atomic E-state index is 5.17. The molecule has 1 radical (unpaired) electrons. The van der Waals surface area contributed by atoms with Crippen LogP contribution in [0.2, 0.25) is 0 Å². The zero-order valence-electron chi connectivity index (χ0n) is 9.03. The molecular weight excluding hydrogens is 186 g/mol. The molecule has 1 aromatic heterocycles. The van der Waals surface area contributed by atoms with Gasteiger partial charge >= 0.3 is 0 Å². The first-order valence-corrected chi connectivity index (χ1v) is 5.04. The molecule has 0 aliphatic rings. The molecule has 0 amide bonds. The van der Waals surface area contributed by atoms with Crippen molar-refractivity contribution < 1.29 is 4.74 Å². The summed E-state index contributed by atoms with van der Waals surface area (Å²) in [5.41, 5.74) is 2.30. The fraction of sp³-hybridized carbons (Fsp3) is 0.231. The van der Waals surface area contributed by atoms with Crippen LogP contribution >= 0.6 is 0 Å². The molecule has 0 N–H and O–H groups in total. The molecule has 0 saturated carbocycles. The summed E-state index contributed by atoms with van der Waals surface area (Å²) in [6.45, 7) is 2.07. The van der Waals surface area contributed by atoms with Crippen LogP contribution in [0.5, 0.6) is 5.75 Å². The molecule has 0 saturated heterocycles. The van der Waals surface area contributed by atoms with Gasteiger partial charge in [0.25, 0.3) is 0 Å². The summed E-state index contributed by atoms with van der Waals surface area (Å²) < 4.78 is 5.17. The minimum atomic E-state index is 0.854. The van der Waals surface area contributed by atoms with Gasteiger partial charge in [-0.2, -0.15) is 0 Å². The Morgan fingerprint density at radius 2 is 2.20 bits per heavy atom. The van der Waals surface area contributed by atoms with Crippen molar-refractivity contribution in [2.24, 2.45) is 0 Å². The van der Waals surface area contributed by atoms with Gasteiger partial charge in [0.15, 0.2) is 0 Å². The topological polar surface area (TPSA) is 22.1 Å². The lowest BCUT2D eigenvalue weighted by Crippen LogP contribution is -1.90. The van der Waals surface area contributed by atoms with Crippen molar-refractivity contribution in [1.82, 2.24) is 4.98 Å². The van der Waals surface area contributed by atoms with Crippen LogP contribution in [0.1, 0.15) is 12.5 Å². The van der Waals surface area contributed by atoms with Crippen LogP contribution in [0.3, 0.4) is 0 Å². The highest BCUT2D eigenvalue weighted by Gasteiger charge is 2.02. The van der Waals surface area contributed by atoms with E-state index in [1.807, 2.05) is 18.3 Å². The Morgan fingerprint density at radius 3 is 2.93 bits per heavy atom. The van der Waals surface area contributed by atoms with Crippen LogP contribution in [-0.4, -0.2) is 12.1 Å². The Balaban J connectivity index is 2.56. The molecule has 0 atom stereocenters. The molecule has 77 valence electrons. The van der Waals surface area contributed by atoms with Gasteiger partial charge < -0.3 is 4.74 Å². The number of ether oxygens (including phenoxy) is 1. The molecule has 2 nitrogen and oxygen atoms in total. The summed E-state index contributed by atoms with van der Waals surface area (Å²) in [6.07, 6.45) is 4.98. The third kappa shape index (κ3) is 1.94. The van der Waals surface area contributed by atoms with Crippen molar-refractivity contribution >= 4 is 10.9 Å². The largest absolute Gasteiger partial charge is 0.497 e. The van der Waals surface area contributed by atoms with E-state index >= 15 is 0 Å². The molecule has 1 aromatic carbocycles. The number of nitrogens with zero attached hydrogens (tertiary/aromatic N) is 1. The van der Waals surface area contributed by atoms with E-state index in [9.17, 15) is 0 Å². The van der Waals surface area contributed by atoms with E-state index in [2.05, 4.69) is 30.5 Å². The summed E-state index contributed by atoms with van der Waals surface area (Å²) >= 11 is 0. The first kappa shape index (κ1) is 9.97. The maximum atomic E-state index is 5.17. The van der Waals surface area contributed by atoms with Crippen LogP contribution in [0.15, 0.2) is 30.5 Å². The smallest absolute Gasteiger partial charge is 0.121 e. The number of aromatic nitrogens is 1. The first-order valence-electron chi connectivity index (χ1n) is 5.04. The van der Waals surface area contributed by atoms with E-state index in [1.54, 1.807) is 7.11 Å². The maximum Gasteiger partial charge on any atom is 0.121 e. The van der Waals surface area contributed by atoms with Gasteiger partial charge in [0, 0.05) is 17.6 Å². The van der Waals surface area contributed by atoms with E-state index in [-0.39, 0.29) is 0 Å². The van der Waals surface area contributed by atoms with Crippen LogP contribution in [-0.2, 0) is 6.42 Å². The summed E-state index contributed by atoms with van der Waals surface area (Å²) in [5, 5.41) is 1.20. The van der Waals surface area contributed by atoms with Gasteiger partial charge in [-0.05, 0) is 36.6 Å². The van der Waals surface area contributed by atoms with E-state index < -0.39 is 0 Å². The monoisotopic (exact) mass is 200 g/mol. The standard InChI is InChI=1S/C13H14NO/c1-3-4-10-7-8-14-13-9-11(15-2)5-6-12(10)13/h3,5-9H,4H2,1-2H3. The fourth-order valence-corrected chi connectivity index (χ4v) is 1.71. The predicted molar refractivity (Wildman–Crippen MR) is 62.0 cm³/mol. The molecule has 0 aliphatic carbocycles. The molecule has 0 bridgehead atoms. The van der Waals surface area contributed by atoms with Gasteiger partial charge in [-0.25, -0.2) is 0 Å². The molecule has 0 unspecified atom stereocenters. The molecule has 1 heterocycles. The first-order chi connectivity index (χ1) is 7.35. The summed E-state index contributed by atoms with van der Waals surface area (Å²) in [5.74, 6) is 0.854. The molecule has 0 fully saturated rings. The summed E-state index contributed by atoms with van der Waals surface area (Å²) in [6, 6.07) is 8.08. The zero-order valence-corrected chi connectivity index (χ0v) is 9.03. The van der Waals surface area contributed by atoms with Crippen molar-refractivity contribution in [2.45, 2.75) is 13.3 Å². The predicted octanol–water partition coefficient (Wildman–Crippen LogP) is 3.01. The second-order valence-electron chi connectivity index (χ2n) is 3.47. The van der Waals surface area contributed by atoms with E-state index in [0.29, 0.717) is 0 Å². The lowest BCUT2D eigenvalue weighted by molar-refractivity contribution is 0.415. The lowest BCUT2D eigenvalue weighted by atomic mass is 10.1. The van der Waals surface area contributed by atoms with Gasteiger partial charge in [0.2, 0.25) is 0 Å². The minimum absolute atomic E-state index is 0.854. The SMILES string of the molecule is C[CH]Cc1ccnc2cc(OC)ccc12. The molecule has 2 rings (SSSR count). The van der Waals surface area contributed by atoms with Gasteiger partial charge in [-0.3, -0.25) is 4.98 Å². The summed E-state index contributed by atoms with van der Waals surface area (Å²) in [4.78, 5) is 4.34. The van der Waals surface area contributed by atoms with Gasteiger partial charge in [0.1, 0.15) is 5.75 Å². The number of fused-ring (bicyclic) bond motifs is 1. The average molecular weight is 200 g/mol. The molecule has 0 aliphatic heterocycles. The Kier molecular flexibility index (Phi) is 2.86. The van der Waals surface area contributed by atoms with Gasteiger partial charge in [0.05, 0.1) is 12.6 Å². The van der Waals surface area contributed by atoms with E-state index in [0.717, 1.165) is 17.7 Å². The van der Waals surface area contributed by atoms with Gasteiger partial charge in [-0.15, -0.1) is 0 Å². The minimum Gasteiger partial charge on any atom is -0.497 e. The Bertz CT molecular complexity index is 465. The van der Waals surface area contributed by atoms with Crippen LogP contribution < -0.4 is 4.74 Å². The van der Waals surface area contributed by atoms with Crippen molar-refractivity contribution in [3.63, 3.8) is 0 Å². The third-order valence-electron chi connectivity index (χ3n) is 2.46. The van der Waals surface area contributed by atoms with Crippen molar-refractivity contribution in [3.8, 4) is 5.75 Å². The van der Waals surface area contributed by atoms with Crippen LogP contribution in [0, 0.1) is 6.42 Å². The lowest BCUT2D eigenvalue weighted by Gasteiger charge is -2.06. The highest BCUT2D eigenvalue weighted by Crippen LogP contribution is 2.22. The second kappa shape index (κ2) is 4.30. The van der Waals surface area contributed by atoms with Gasteiger partial charge in [-0.1, -0.05) is 6.92 Å². The van der Waals surface area contributed by atoms with Crippen molar-refractivity contribution in [2.75, 3.05) is 7.11 Å². The van der Waals surface area contributed by atoms with Crippen LogP contribution in [0.25, 0.3) is 10.9 Å². The van der Waals surface area contributed by atoms with E-state index in [4.69, 9.17) is 4.74 Å². The molecule has 0 spiro atoms. The number of hydrogen-bond donors (Lipinski definition) is 0. The third-order valence-corrected chi connectivity index (χ3v) is 2.46. The van der Waals surface area contributed by atoms with E-state index in [1.165, 1.54) is 10.9 Å². The Hall–Kier alpha value is -1.57. The molecule has 15 heavy (non-hydrogen) atoms. The highest BCUT2D eigenvalue weighted by atomic mass is 16.5. The number of benzene rings is 1. The number of rotatable bonds is 3. The number of hydrogen-bond acceptors (Lipinski definition) is 2. The zero-order chi connectivity index (χ0) is 10.7. The normalized spacial score (nSPS) is 10.5. The summed E-state index contributed by atoms with van der Waals surface area (Å²) in [7, 11) is 1.67. The Labute approximate surface area is 89.9 Å². The fourth-order valence-electron chi connectivity index (χ4n) is 1.71. The van der Waals surface area contributed by atoms with Crippen molar-refractivity contribution in [3.05, 3.63) is 42.4 Å². The Morgan fingerprint density at radius 1 is 1.33 bits per heavy atom. The highest BCUT2D eigenvalue weighted by molar-refractivity contribution is 5.83. The second-order valence-corrected chi connectivity index (χ2v) is 3.47. The molecule has 2 aromatic rings. The van der Waals surface area contributed by atoms with Crippen LogP contribution in [0.4, 0.5) is 0 Å². The quantitative estimate of drug-likeness (QED) is 0.759. The molecular formula is C13H14NO. The van der Waals surface area contributed by atoms with Crippen molar-refractivity contribution in [1.29, 1.82) is 0 Å². The molecule has 2 heteroatoms. The number of pyridine rings is 1.